The van der Waals surface area contributed by atoms with Crippen LogP contribution >= 0.6 is 0 Å². The van der Waals surface area contributed by atoms with Crippen molar-refractivity contribution in [2.75, 3.05) is 18.4 Å². The quantitative estimate of drug-likeness (QED) is 0.890. The number of anilines is 2. The lowest BCUT2D eigenvalue weighted by atomic mass is 10.00. The normalized spacial score (nSPS) is 17.8. The van der Waals surface area contributed by atoms with Crippen molar-refractivity contribution in [2.24, 2.45) is 5.92 Å². The molecular weight excluding hydrogens is 345 g/mol. The molecule has 138 valence electrons. The van der Waals surface area contributed by atoms with Crippen molar-refractivity contribution in [3.05, 3.63) is 47.8 Å². The van der Waals surface area contributed by atoms with Crippen LogP contribution in [0.5, 0.6) is 0 Å². The number of nitrogens with zero attached hydrogens (tertiary/aromatic N) is 3. The Kier molecular flexibility index (Phi) is 5.11. The first-order valence-corrected chi connectivity index (χ1v) is 8.39. The van der Waals surface area contributed by atoms with Gasteiger partial charge in [0.1, 0.15) is 5.69 Å². The molecule has 5 nitrogen and oxygen atoms in total. The number of hydrogen-bond donors (Lipinski definition) is 1. The molecule has 1 aromatic heterocycles. The van der Waals surface area contributed by atoms with Crippen molar-refractivity contribution in [3.63, 3.8) is 0 Å². The van der Waals surface area contributed by atoms with Crippen LogP contribution in [0, 0.1) is 5.92 Å². The number of piperidine rings is 1. The Bertz CT molecular complexity index is 777. The fourth-order valence-corrected chi connectivity index (χ4v) is 2.95. The van der Waals surface area contributed by atoms with Gasteiger partial charge in [-0.3, -0.25) is 4.79 Å². The number of halogens is 3. The van der Waals surface area contributed by atoms with E-state index in [2.05, 4.69) is 22.2 Å². The third-order valence-electron chi connectivity index (χ3n) is 4.29. The lowest BCUT2D eigenvalue weighted by Gasteiger charge is -2.30. The first-order valence-electron chi connectivity index (χ1n) is 8.39. The third-order valence-corrected chi connectivity index (χ3v) is 4.29. The molecule has 1 amide bonds. The van der Waals surface area contributed by atoms with Gasteiger partial charge in [0.15, 0.2) is 0 Å². The minimum Gasteiger partial charge on any atom is -0.337 e. The lowest BCUT2D eigenvalue weighted by molar-refractivity contribution is -0.137. The van der Waals surface area contributed by atoms with Crippen LogP contribution in [0.4, 0.5) is 24.8 Å². The van der Waals surface area contributed by atoms with Gasteiger partial charge in [0.05, 0.1) is 5.56 Å². The molecule has 2 heterocycles. The molecule has 0 saturated carbocycles. The number of hydrogen-bond acceptors (Lipinski definition) is 4. The molecule has 1 N–H and O–H groups in total. The fourth-order valence-electron chi connectivity index (χ4n) is 2.95. The fraction of sp³-hybridized carbons (Fsp3) is 0.389. The highest BCUT2D eigenvalue weighted by Gasteiger charge is 2.30. The van der Waals surface area contributed by atoms with Crippen LogP contribution in [0.2, 0.25) is 0 Å². The van der Waals surface area contributed by atoms with E-state index in [1.54, 1.807) is 11.0 Å². The predicted octanol–water partition coefficient (Wildman–Crippen LogP) is 4.11. The van der Waals surface area contributed by atoms with Crippen LogP contribution in [0.15, 0.2) is 36.5 Å². The Labute approximate surface area is 149 Å². The van der Waals surface area contributed by atoms with Gasteiger partial charge in [-0.1, -0.05) is 6.92 Å². The van der Waals surface area contributed by atoms with Crippen LogP contribution in [0.3, 0.4) is 0 Å². The zero-order valence-electron chi connectivity index (χ0n) is 14.3. The number of nitrogens with one attached hydrogen (secondary N) is 1. The Morgan fingerprint density at radius 2 is 1.96 bits per heavy atom. The SMILES string of the molecule is CC1CCCN(C(=O)c2ccnc(Nc3ccc(C(F)(F)F)cc3)n2)C1. The van der Waals surface area contributed by atoms with Crippen LogP contribution in [0.25, 0.3) is 0 Å². The number of amides is 1. The Morgan fingerprint density at radius 1 is 1.23 bits per heavy atom. The van der Waals surface area contributed by atoms with E-state index < -0.39 is 11.7 Å². The van der Waals surface area contributed by atoms with Gasteiger partial charge in [-0.25, -0.2) is 9.97 Å². The van der Waals surface area contributed by atoms with E-state index in [9.17, 15) is 18.0 Å². The summed E-state index contributed by atoms with van der Waals surface area (Å²) < 4.78 is 37.8. The van der Waals surface area contributed by atoms with Crippen molar-refractivity contribution in [1.29, 1.82) is 0 Å². The van der Waals surface area contributed by atoms with Crippen molar-refractivity contribution in [2.45, 2.75) is 25.9 Å². The summed E-state index contributed by atoms with van der Waals surface area (Å²) in [5, 5.41) is 2.83. The smallest absolute Gasteiger partial charge is 0.337 e. The highest BCUT2D eigenvalue weighted by atomic mass is 19.4. The molecule has 1 aliphatic rings. The van der Waals surface area contributed by atoms with Crippen molar-refractivity contribution < 1.29 is 18.0 Å². The molecule has 1 unspecified atom stereocenters. The van der Waals surface area contributed by atoms with Crippen molar-refractivity contribution in [3.8, 4) is 0 Å². The Balaban J connectivity index is 1.72. The predicted molar refractivity (Wildman–Crippen MR) is 91.1 cm³/mol. The average molecular weight is 364 g/mol. The van der Waals surface area contributed by atoms with Gasteiger partial charge in [-0.2, -0.15) is 13.2 Å². The van der Waals surface area contributed by atoms with Crippen LogP contribution in [0.1, 0.15) is 35.8 Å². The van der Waals surface area contributed by atoms with Gasteiger partial charge in [0, 0.05) is 25.0 Å². The minimum absolute atomic E-state index is 0.158. The molecule has 8 heteroatoms. The first kappa shape index (κ1) is 18.2. The van der Waals surface area contributed by atoms with E-state index in [1.807, 2.05) is 0 Å². The number of alkyl halides is 3. The summed E-state index contributed by atoms with van der Waals surface area (Å²) in [6, 6.07) is 6.10. The number of rotatable bonds is 3. The van der Waals surface area contributed by atoms with Crippen LogP contribution in [-0.2, 0) is 6.18 Å². The van der Waals surface area contributed by atoms with Gasteiger partial charge >= 0.3 is 6.18 Å². The second kappa shape index (κ2) is 7.31. The molecule has 1 atom stereocenters. The van der Waals surface area contributed by atoms with E-state index in [4.69, 9.17) is 0 Å². The molecule has 0 spiro atoms. The lowest BCUT2D eigenvalue weighted by Crippen LogP contribution is -2.39. The number of likely N-dealkylation sites (tertiary alicyclic amines) is 1. The third kappa shape index (κ3) is 4.30. The molecule has 0 bridgehead atoms. The maximum Gasteiger partial charge on any atom is 0.416 e. The summed E-state index contributed by atoms with van der Waals surface area (Å²) in [5.74, 6) is 0.467. The summed E-state index contributed by atoms with van der Waals surface area (Å²) in [5.41, 5.74) is -0.0511. The average Bonchev–Trinajstić information content (AvgIpc) is 2.61. The van der Waals surface area contributed by atoms with E-state index in [-0.39, 0.29) is 17.5 Å². The van der Waals surface area contributed by atoms with Gasteiger partial charge in [0.2, 0.25) is 5.95 Å². The zero-order valence-corrected chi connectivity index (χ0v) is 14.3. The molecular formula is C18H19F3N4O. The highest BCUT2D eigenvalue weighted by Crippen LogP contribution is 2.30. The molecule has 0 aliphatic carbocycles. The summed E-state index contributed by atoms with van der Waals surface area (Å²) in [6.07, 6.45) is -0.851. The topological polar surface area (TPSA) is 58.1 Å². The molecule has 3 rings (SSSR count). The first-order chi connectivity index (χ1) is 12.3. The number of carbonyl (C=O) groups excluding carboxylic acids is 1. The van der Waals surface area contributed by atoms with Crippen LogP contribution in [-0.4, -0.2) is 33.9 Å². The molecule has 1 saturated heterocycles. The molecule has 1 aliphatic heterocycles. The summed E-state index contributed by atoms with van der Waals surface area (Å²) in [6.45, 7) is 3.51. The molecule has 1 fully saturated rings. The van der Waals surface area contributed by atoms with Gasteiger partial charge in [-0.05, 0) is 49.1 Å². The maximum atomic E-state index is 12.6. The monoisotopic (exact) mass is 364 g/mol. The van der Waals surface area contributed by atoms with Crippen LogP contribution < -0.4 is 5.32 Å². The summed E-state index contributed by atoms with van der Waals surface area (Å²) in [4.78, 5) is 22.6. The highest BCUT2D eigenvalue weighted by molar-refractivity contribution is 5.92. The number of carbonyl (C=O) groups is 1. The second-order valence-corrected chi connectivity index (χ2v) is 6.46. The number of benzene rings is 1. The maximum absolute atomic E-state index is 12.6. The summed E-state index contributed by atoms with van der Waals surface area (Å²) >= 11 is 0. The van der Waals surface area contributed by atoms with Gasteiger partial charge < -0.3 is 10.2 Å². The zero-order chi connectivity index (χ0) is 18.7. The van der Waals surface area contributed by atoms with E-state index in [1.165, 1.54) is 18.3 Å². The molecule has 0 radical (unpaired) electrons. The minimum atomic E-state index is -4.38. The second-order valence-electron chi connectivity index (χ2n) is 6.46. The molecule has 2 aromatic rings. The Morgan fingerprint density at radius 3 is 2.62 bits per heavy atom. The molecule has 1 aromatic carbocycles. The molecule has 26 heavy (non-hydrogen) atoms. The van der Waals surface area contributed by atoms with Gasteiger partial charge in [0.25, 0.3) is 5.91 Å². The van der Waals surface area contributed by atoms with E-state index in [0.717, 1.165) is 25.0 Å². The summed E-state index contributed by atoms with van der Waals surface area (Å²) in [7, 11) is 0. The van der Waals surface area contributed by atoms with E-state index >= 15 is 0 Å². The van der Waals surface area contributed by atoms with Gasteiger partial charge in [-0.15, -0.1) is 0 Å². The number of aromatic nitrogens is 2. The van der Waals surface area contributed by atoms with E-state index in [0.29, 0.717) is 24.7 Å². The standard InChI is InChI=1S/C18H19F3N4O/c1-12-3-2-10-25(11-12)16(26)15-8-9-22-17(24-15)23-14-6-4-13(5-7-14)18(19,20)21/h4-9,12H,2-3,10-11H2,1H3,(H,22,23,24). The largest absolute Gasteiger partial charge is 0.416 e. The van der Waals surface area contributed by atoms with Crippen molar-refractivity contribution >= 4 is 17.5 Å². The van der Waals surface area contributed by atoms with Crippen molar-refractivity contribution in [1.82, 2.24) is 14.9 Å². The Hall–Kier alpha value is -2.64.